The summed E-state index contributed by atoms with van der Waals surface area (Å²) in [6, 6.07) is 6.62. The van der Waals surface area contributed by atoms with Crippen LogP contribution >= 0.6 is 0 Å². The van der Waals surface area contributed by atoms with E-state index in [4.69, 9.17) is 4.74 Å². The first-order valence-corrected chi connectivity index (χ1v) is 6.77. The zero-order valence-electron chi connectivity index (χ0n) is 11.7. The van der Waals surface area contributed by atoms with E-state index >= 15 is 0 Å². The van der Waals surface area contributed by atoms with Crippen molar-refractivity contribution in [3.63, 3.8) is 0 Å². The Morgan fingerprint density at radius 1 is 1.39 bits per heavy atom. The Morgan fingerprint density at radius 2 is 2.22 bits per heavy atom. The number of aryl methyl sites for hydroxylation is 2. The second kappa shape index (κ2) is 6.21. The first-order valence-electron chi connectivity index (χ1n) is 6.77. The van der Waals surface area contributed by atoms with E-state index in [1.165, 1.54) is 16.8 Å². The molecule has 0 aromatic heterocycles. The maximum Gasteiger partial charge on any atom is 0.0716 e. The average Bonchev–Trinajstić information content (AvgIpc) is 2.40. The van der Waals surface area contributed by atoms with Gasteiger partial charge in [0.2, 0.25) is 0 Å². The van der Waals surface area contributed by atoms with Crippen molar-refractivity contribution in [2.45, 2.75) is 26.4 Å². The molecule has 1 N–H and O–H groups in total. The molecule has 1 aliphatic heterocycles. The summed E-state index contributed by atoms with van der Waals surface area (Å²) in [5.41, 5.74) is 3.99. The van der Waals surface area contributed by atoms with E-state index < -0.39 is 0 Å². The lowest BCUT2D eigenvalue weighted by Gasteiger charge is -2.27. The van der Waals surface area contributed by atoms with Gasteiger partial charge in [0.05, 0.1) is 12.7 Å². The Hall–Kier alpha value is -1.06. The minimum atomic E-state index is 0.367. The Balaban J connectivity index is 1.90. The maximum atomic E-state index is 5.73. The van der Waals surface area contributed by atoms with Crippen molar-refractivity contribution < 1.29 is 4.74 Å². The van der Waals surface area contributed by atoms with Gasteiger partial charge in [0.25, 0.3) is 0 Å². The molecule has 1 atom stereocenters. The average molecular weight is 248 g/mol. The third-order valence-corrected chi connectivity index (χ3v) is 3.57. The molecule has 1 aliphatic rings. The fraction of sp³-hybridized carbons (Fsp3) is 0.600. The van der Waals surface area contributed by atoms with Crippen molar-refractivity contribution in [3.8, 4) is 0 Å². The molecular formula is C15H24N2O. The van der Waals surface area contributed by atoms with E-state index in [-0.39, 0.29) is 0 Å². The molecule has 18 heavy (non-hydrogen) atoms. The summed E-state index contributed by atoms with van der Waals surface area (Å²) in [5.74, 6) is 0. The van der Waals surface area contributed by atoms with Crippen molar-refractivity contribution in [1.29, 1.82) is 0 Å². The number of nitrogens with zero attached hydrogens (tertiary/aromatic N) is 1. The lowest BCUT2D eigenvalue weighted by atomic mass is 10.1. The molecule has 1 unspecified atom stereocenters. The predicted octanol–water partition coefficient (Wildman–Crippen LogP) is 2.12. The number of hydrogen-bond donors (Lipinski definition) is 1. The number of morpholine rings is 1. The lowest BCUT2D eigenvalue weighted by molar-refractivity contribution is 0.0250. The summed E-state index contributed by atoms with van der Waals surface area (Å²) < 4.78 is 5.73. The first kappa shape index (κ1) is 13.4. The van der Waals surface area contributed by atoms with E-state index in [0.29, 0.717) is 6.10 Å². The van der Waals surface area contributed by atoms with Gasteiger partial charge in [-0.1, -0.05) is 12.1 Å². The van der Waals surface area contributed by atoms with Crippen LogP contribution in [0.1, 0.15) is 17.5 Å². The Labute approximate surface area is 110 Å². The van der Waals surface area contributed by atoms with Gasteiger partial charge in [-0.15, -0.1) is 0 Å². The van der Waals surface area contributed by atoms with Crippen LogP contribution < -0.4 is 10.2 Å². The van der Waals surface area contributed by atoms with Crippen molar-refractivity contribution in [1.82, 2.24) is 5.32 Å². The second-order valence-electron chi connectivity index (χ2n) is 5.20. The van der Waals surface area contributed by atoms with Gasteiger partial charge in [0.15, 0.2) is 0 Å². The van der Waals surface area contributed by atoms with Gasteiger partial charge in [-0.2, -0.15) is 0 Å². The fourth-order valence-electron chi connectivity index (χ4n) is 2.39. The monoisotopic (exact) mass is 248 g/mol. The molecule has 0 aliphatic carbocycles. The molecule has 100 valence electrons. The highest BCUT2D eigenvalue weighted by Gasteiger charge is 2.14. The van der Waals surface area contributed by atoms with Crippen LogP contribution in [-0.4, -0.2) is 39.4 Å². The molecule has 0 radical (unpaired) electrons. The van der Waals surface area contributed by atoms with Gasteiger partial charge >= 0.3 is 0 Å². The van der Waals surface area contributed by atoms with Gasteiger partial charge in [0.1, 0.15) is 0 Å². The van der Waals surface area contributed by atoms with Crippen LogP contribution in [0.4, 0.5) is 5.69 Å². The van der Waals surface area contributed by atoms with E-state index in [2.05, 4.69) is 49.3 Å². The van der Waals surface area contributed by atoms with Crippen LogP contribution in [0.25, 0.3) is 0 Å². The zero-order valence-corrected chi connectivity index (χ0v) is 11.7. The molecule has 1 aromatic rings. The Bertz CT molecular complexity index is 386. The normalized spacial score (nSPS) is 19.8. The third-order valence-electron chi connectivity index (χ3n) is 3.57. The topological polar surface area (TPSA) is 24.5 Å². The summed E-state index contributed by atoms with van der Waals surface area (Å²) in [5, 5.41) is 3.38. The summed E-state index contributed by atoms with van der Waals surface area (Å²) >= 11 is 0. The molecule has 3 nitrogen and oxygen atoms in total. The highest BCUT2D eigenvalue weighted by atomic mass is 16.5. The number of rotatable bonds is 4. The van der Waals surface area contributed by atoms with Crippen molar-refractivity contribution >= 4 is 5.69 Å². The summed E-state index contributed by atoms with van der Waals surface area (Å²) in [6.07, 6.45) is 1.45. The summed E-state index contributed by atoms with van der Waals surface area (Å²) in [4.78, 5) is 2.33. The molecule has 1 fully saturated rings. The lowest BCUT2D eigenvalue weighted by Crippen LogP contribution is -2.40. The van der Waals surface area contributed by atoms with Gasteiger partial charge in [-0.25, -0.2) is 0 Å². The largest absolute Gasteiger partial charge is 0.376 e. The summed E-state index contributed by atoms with van der Waals surface area (Å²) in [6.45, 7) is 8.17. The standard InChI is InChI=1S/C15H24N2O/c1-12-4-5-13(2)15(10-12)17(3)8-6-14-11-16-7-9-18-14/h4-5,10,14,16H,6-9,11H2,1-3H3. The minimum Gasteiger partial charge on any atom is -0.376 e. The van der Waals surface area contributed by atoms with Crippen molar-refractivity contribution in [2.75, 3.05) is 38.2 Å². The molecule has 3 heteroatoms. The zero-order chi connectivity index (χ0) is 13.0. The van der Waals surface area contributed by atoms with Crippen LogP contribution in [-0.2, 0) is 4.74 Å². The second-order valence-corrected chi connectivity index (χ2v) is 5.20. The maximum absolute atomic E-state index is 5.73. The number of ether oxygens (including phenoxy) is 1. The molecule has 1 saturated heterocycles. The van der Waals surface area contributed by atoms with E-state index in [9.17, 15) is 0 Å². The number of hydrogen-bond acceptors (Lipinski definition) is 3. The quantitative estimate of drug-likeness (QED) is 0.883. The van der Waals surface area contributed by atoms with Crippen LogP contribution in [0.15, 0.2) is 18.2 Å². The molecule has 0 saturated carbocycles. The molecule has 0 spiro atoms. The molecule has 1 aromatic carbocycles. The SMILES string of the molecule is Cc1ccc(C)c(N(C)CCC2CNCCO2)c1. The number of anilines is 1. The van der Waals surface area contributed by atoms with Crippen molar-refractivity contribution in [2.24, 2.45) is 0 Å². The van der Waals surface area contributed by atoms with Gasteiger partial charge < -0.3 is 15.0 Å². The highest BCUT2D eigenvalue weighted by Crippen LogP contribution is 2.20. The molecular weight excluding hydrogens is 224 g/mol. The molecule has 1 heterocycles. The number of nitrogens with one attached hydrogen (secondary N) is 1. The van der Waals surface area contributed by atoms with Crippen LogP contribution in [0.2, 0.25) is 0 Å². The highest BCUT2D eigenvalue weighted by molar-refractivity contribution is 5.54. The van der Waals surface area contributed by atoms with Crippen molar-refractivity contribution in [3.05, 3.63) is 29.3 Å². The Morgan fingerprint density at radius 3 is 2.94 bits per heavy atom. The minimum absolute atomic E-state index is 0.367. The van der Waals surface area contributed by atoms with E-state index in [1.807, 2.05) is 0 Å². The molecule has 0 bridgehead atoms. The van der Waals surface area contributed by atoms with Crippen LogP contribution in [0, 0.1) is 13.8 Å². The predicted molar refractivity (Wildman–Crippen MR) is 76.4 cm³/mol. The van der Waals surface area contributed by atoms with Gasteiger partial charge in [0, 0.05) is 32.4 Å². The third kappa shape index (κ3) is 3.47. The Kier molecular flexibility index (Phi) is 4.61. The van der Waals surface area contributed by atoms with E-state index in [0.717, 1.165) is 32.7 Å². The first-order chi connectivity index (χ1) is 8.66. The van der Waals surface area contributed by atoms with Crippen LogP contribution in [0.3, 0.4) is 0 Å². The molecule has 0 amide bonds. The number of benzene rings is 1. The van der Waals surface area contributed by atoms with Gasteiger partial charge in [-0.05, 0) is 37.5 Å². The molecule has 2 rings (SSSR count). The summed E-state index contributed by atoms with van der Waals surface area (Å²) in [7, 11) is 2.16. The van der Waals surface area contributed by atoms with E-state index in [1.54, 1.807) is 0 Å². The fourth-order valence-corrected chi connectivity index (χ4v) is 2.39. The smallest absolute Gasteiger partial charge is 0.0716 e. The van der Waals surface area contributed by atoms with Gasteiger partial charge in [-0.3, -0.25) is 0 Å². The van der Waals surface area contributed by atoms with Crippen LogP contribution in [0.5, 0.6) is 0 Å².